The minimum Gasteiger partial charge on any atom is -0.444 e. The number of carbonyl (C=O) groups excluding carboxylic acids is 2. The van der Waals surface area contributed by atoms with Gasteiger partial charge in [0.15, 0.2) is 11.5 Å². The molecule has 1 aromatic heterocycles. The first-order chi connectivity index (χ1) is 18.7. The van der Waals surface area contributed by atoms with Crippen LogP contribution in [0.2, 0.25) is 0 Å². The zero-order valence-corrected chi connectivity index (χ0v) is 23.4. The van der Waals surface area contributed by atoms with E-state index in [0.29, 0.717) is 17.8 Å². The van der Waals surface area contributed by atoms with Crippen LogP contribution < -0.4 is 16.0 Å². The van der Waals surface area contributed by atoms with E-state index in [9.17, 15) is 9.59 Å². The van der Waals surface area contributed by atoms with E-state index in [4.69, 9.17) is 15.5 Å². The van der Waals surface area contributed by atoms with E-state index in [1.807, 2.05) is 32.9 Å². The molecule has 2 aromatic rings. The van der Waals surface area contributed by atoms with Gasteiger partial charge in [-0.3, -0.25) is 9.69 Å². The summed E-state index contributed by atoms with van der Waals surface area (Å²) in [4.78, 5) is 39.8. The van der Waals surface area contributed by atoms with Gasteiger partial charge in [-0.15, -0.1) is 0 Å². The lowest BCUT2D eigenvalue weighted by Crippen LogP contribution is -2.62. The van der Waals surface area contributed by atoms with Crippen molar-refractivity contribution in [1.82, 2.24) is 19.8 Å². The van der Waals surface area contributed by atoms with Crippen molar-refractivity contribution in [3.63, 3.8) is 0 Å². The predicted molar refractivity (Wildman–Crippen MR) is 151 cm³/mol. The minimum atomic E-state index is -0.598. The molecule has 3 aliphatic rings. The van der Waals surface area contributed by atoms with Crippen LogP contribution in [0.3, 0.4) is 0 Å². The van der Waals surface area contributed by atoms with Crippen molar-refractivity contribution in [2.24, 2.45) is 5.73 Å². The molecule has 10 heteroatoms. The Morgan fingerprint density at radius 3 is 2.28 bits per heavy atom. The Balaban J connectivity index is 1.15. The van der Waals surface area contributed by atoms with Gasteiger partial charge in [-0.05, 0) is 89.6 Å². The lowest BCUT2D eigenvalue weighted by molar-refractivity contribution is -0.0196. The van der Waals surface area contributed by atoms with Gasteiger partial charge in [-0.1, -0.05) is 12.1 Å². The Morgan fingerprint density at radius 1 is 1.00 bits per heavy atom. The van der Waals surface area contributed by atoms with Crippen LogP contribution in [-0.4, -0.2) is 82.7 Å². The number of hydrogen-bond acceptors (Lipinski definition) is 8. The summed E-state index contributed by atoms with van der Waals surface area (Å²) in [6, 6.07) is 8.80. The highest BCUT2D eigenvalue weighted by Gasteiger charge is 2.38. The number of piperidine rings is 2. The Labute approximate surface area is 230 Å². The molecule has 0 radical (unpaired) electrons. The first kappa shape index (κ1) is 27.2. The maximum Gasteiger partial charge on any atom is 0.410 e. The van der Waals surface area contributed by atoms with Gasteiger partial charge in [0.05, 0.1) is 6.20 Å². The van der Waals surface area contributed by atoms with Gasteiger partial charge in [0, 0.05) is 37.9 Å². The summed E-state index contributed by atoms with van der Waals surface area (Å²) in [5.74, 6) is 1.07. The smallest absolute Gasteiger partial charge is 0.410 e. The molecular weight excluding hydrogens is 494 g/mol. The van der Waals surface area contributed by atoms with E-state index in [2.05, 4.69) is 32.2 Å². The van der Waals surface area contributed by atoms with Gasteiger partial charge < -0.3 is 25.6 Å². The summed E-state index contributed by atoms with van der Waals surface area (Å²) in [6.07, 6.45) is 7.10. The molecule has 210 valence electrons. The van der Waals surface area contributed by atoms with Crippen LogP contribution in [0, 0.1) is 0 Å². The number of nitrogens with two attached hydrogens (primary N) is 1. The summed E-state index contributed by atoms with van der Waals surface area (Å²) in [7, 11) is 0. The SMILES string of the molecule is CC(C)(C)OC(=O)N1CC(N2CCC(c3ccc(Nc4nc(N5CCCCC5)cnc4C(N)=O)cc3)CC2)C1. The first-order valence-corrected chi connectivity index (χ1v) is 14.2. The van der Waals surface area contributed by atoms with Crippen molar-refractivity contribution in [2.45, 2.75) is 70.4 Å². The van der Waals surface area contributed by atoms with E-state index in [-0.39, 0.29) is 11.8 Å². The van der Waals surface area contributed by atoms with Crippen molar-refractivity contribution in [3.05, 3.63) is 41.7 Å². The summed E-state index contributed by atoms with van der Waals surface area (Å²) < 4.78 is 5.48. The maximum atomic E-state index is 12.2. The lowest BCUT2D eigenvalue weighted by atomic mass is 9.88. The van der Waals surface area contributed by atoms with Crippen LogP contribution in [0.25, 0.3) is 0 Å². The second-order valence-corrected chi connectivity index (χ2v) is 11.9. The number of amides is 2. The zero-order chi connectivity index (χ0) is 27.6. The number of hydrogen-bond donors (Lipinski definition) is 2. The van der Waals surface area contributed by atoms with Crippen LogP contribution in [0.1, 0.15) is 74.8 Å². The summed E-state index contributed by atoms with van der Waals surface area (Å²) in [6.45, 7) is 11.1. The Bertz CT molecular complexity index is 1160. The highest BCUT2D eigenvalue weighted by atomic mass is 16.6. The Kier molecular flexibility index (Phi) is 7.93. The highest BCUT2D eigenvalue weighted by molar-refractivity contribution is 5.96. The minimum absolute atomic E-state index is 0.147. The first-order valence-electron chi connectivity index (χ1n) is 14.2. The molecule has 3 N–H and O–H groups in total. The van der Waals surface area contributed by atoms with Gasteiger partial charge in [-0.2, -0.15) is 0 Å². The molecule has 4 heterocycles. The second-order valence-electron chi connectivity index (χ2n) is 11.9. The third-order valence-corrected chi connectivity index (χ3v) is 7.88. The van der Waals surface area contributed by atoms with Crippen molar-refractivity contribution >= 4 is 29.3 Å². The van der Waals surface area contributed by atoms with Crippen LogP contribution in [0.15, 0.2) is 30.5 Å². The van der Waals surface area contributed by atoms with E-state index >= 15 is 0 Å². The summed E-state index contributed by atoms with van der Waals surface area (Å²) >= 11 is 0. The number of aromatic nitrogens is 2. The van der Waals surface area contributed by atoms with Gasteiger partial charge >= 0.3 is 6.09 Å². The average molecular weight is 536 g/mol. The molecule has 0 saturated carbocycles. The molecule has 1 aromatic carbocycles. The number of nitrogens with one attached hydrogen (secondary N) is 1. The molecule has 0 bridgehead atoms. The number of likely N-dealkylation sites (tertiary alicyclic amines) is 2. The van der Waals surface area contributed by atoms with E-state index in [1.54, 1.807) is 11.1 Å². The number of rotatable bonds is 6. The molecule has 3 saturated heterocycles. The number of primary amides is 1. The van der Waals surface area contributed by atoms with Gasteiger partial charge in [-0.25, -0.2) is 14.8 Å². The molecule has 0 unspecified atom stereocenters. The fourth-order valence-electron chi connectivity index (χ4n) is 5.66. The topological polar surface area (TPSA) is 117 Å². The van der Waals surface area contributed by atoms with E-state index < -0.39 is 11.5 Å². The van der Waals surface area contributed by atoms with Crippen molar-refractivity contribution in [2.75, 3.05) is 49.5 Å². The van der Waals surface area contributed by atoms with Crippen molar-refractivity contribution in [3.8, 4) is 0 Å². The largest absolute Gasteiger partial charge is 0.444 e. The molecular formula is C29H41N7O3. The normalized spacial score (nSPS) is 19.5. The summed E-state index contributed by atoms with van der Waals surface area (Å²) in [5.41, 5.74) is 7.44. The number of nitrogens with zero attached hydrogens (tertiary/aromatic N) is 5. The van der Waals surface area contributed by atoms with Crippen LogP contribution >= 0.6 is 0 Å². The number of benzene rings is 1. The molecule has 0 spiro atoms. The lowest BCUT2D eigenvalue weighted by Gasteiger charge is -2.47. The third kappa shape index (κ3) is 6.61. The molecule has 10 nitrogen and oxygen atoms in total. The number of ether oxygens (including phenoxy) is 1. The van der Waals surface area contributed by atoms with Crippen LogP contribution in [-0.2, 0) is 4.74 Å². The van der Waals surface area contributed by atoms with Crippen molar-refractivity contribution < 1.29 is 14.3 Å². The molecule has 5 rings (SSSR count). The number of carbonyl (C=O) groups is 2. The van der Waals surface area contributed by atoms with Crippen molar-refractivity contribution in [1.29, 1.82) is 0 Å². The van der Waals surface area contributed by atoms with Gasteiger partial charge in [0.25, 0.3) is 5.91 Å². The molecule has 2 amide bonds. The molecule has 3 aliphatic heterocycles. The molecule has 39 heavy (non-hydrogen) atoms. The fraction of sp³-hybridized carbons (Fsp3) is 0.586. The molecule has 0 aliphatic carbocycles. The van der Waals surface area contributed by atoms with Crippen LogP contribution in [0.5, 0.6) is 0 Å². The molecule has 3 fully saturated rings. The van der Waals surface area contributed by atoms with Gasteiger partial charge in [0.2, 0.25) is 0 Å². The average Bonchev–Trinajstić information content (AvgIpc) is 2.88. The molecule has 0 atom stereocenters. The Morgan fingerprint density at radius 2 is 1.67 bits per heavy atom. The highest BCUT2D eigenvalue weighted by Crippen LogP contribution is 2.32. The maximum absolute atomic E-state index is 12.2. The zero-order valence-electron chi connectivity index (χ0n) is 23.4. The third-order valence-electron chi connectivity index (χ3n) is 7.88. The van der Waals surface area contributed by atoms with E-state index in [0.717, 1.165) is 76.5 Å². The monoisotopic (exact) mass is 535 g/mol. The Hall–Kier alpha value is -3.40. The fourth-order valence-corrected chi connectivity index (χ4v) is 5.66. The van der Waals surface area contributed by atoms with Crippen LogP contribution in [0.4, 0.5) is 22.1 Å². The summed E-state index contributed by atoms with van der Waals surface area (Å²) in [5, 5.41) is 3.28. The predicted octanol–water partition coefficient (Wildman–Crippen LogP) is 4.11. The van der Waals surface area contributed by atoms with Gasteiger partial charge in [0.1, 0.15) is 11.4 Å². The standard InChI is InChI=1S/C29H41N7O3/c1-29(2,3)39-28(38)36-18-23(19-36)34-15-11-21(12-16-34)20-7-9-22(10-8-20)32-27-25(26(30)37)31-17-24(33-27)35-13-5-4-6-14-35/h7-10,17,21,23H,4-6,11-16,18-19H2,1-3H3,(H2,30,37)(H,32,33). The number of anilines is 3. The van der Waals surface area contributed by atoms with E-state index in [1.165, 1.54) is 12.0 Å². The quantitative estimate of drug-likeness (QED) is 0.568. The second kappa shape index (κ2) is 11.4.